The van der Waals surface area contributed by atoms with Crippen LogP contribution in [0.3, 0.4) is 0 Å². The third-order valence-corrected chi connectivity index (χ3v) is 4.52. The van der Waals surface area contributed by atoms with Crippen molar-refractivity contribution in [2.75, 3.05) is 7.11 Å². The van der Waals surface area contributed by atoms with Crippen LogP contribution in [-0.2, 0) is 6.61 Å². The van der Waals surface area contributed by atoms with Crippen LogP contribution in [0.4, 0.5) is 0 Å². The fraction of sp³-hybridized carbons (Fsp3) is 0.467. The maximum Gasteiger partial charge on any atom is 0.146 e. The van der Waals surface area contributed by atoms with E-state index in [1.165, 1.54) is 6.42 Å². The lowest BCUT2D eigenvalue weighted by atomic mass is 9.82. The lowest BCUT2D eigenvalue weighted by Crippen LogP contribution is -2.16. The quantitative estimate of drug-likeness (QED) is 0.943. The number of rotatable bonds is 4. The van der Waals surface area contributed by atoms with Crippen molar-refractivity contribution >= 4 is 11.6 Å². The van der Waals surface area contributed by atoms with Crippen LogP contribution in [0.5, 0.6) is 5.75 Å². The number of aliphatic hydroxyl groups is 1. The van der Waals surface area contributed by atoms with Gasteiger partial charge in [-0.05, 0) is 31.4 Å². The fourth-order valence-corrected chi connectivity index (χ4v) is 2.83. The molecule has 1 aliphatic rings. The summed E-state index contributed by atoms with van der Waals surface area (Å²) in [6.07, 6.45) is 3.42. The lowest BCUT2D eigenvalue weighted by molar-refractivity contribution is 0.272. The molecule has 1 saturated carbocycles. The summed E-state index contributed by atoms with van der Waals surface area (Å²) in [5.74, 6) is 1.06. The fourth-order valence-electron chi connectivity index (χ4n) is 2.68. The van der Waals surface area contributed by atoms with Crippen LogP contribution in [0.2, 0.25) is 5.02 Å². The van der Waals surface area contributed by atoms with Crippen molar-refractivity contribution < 1.29 is 9.84 Å². The van der Waals surface area contributed by atoms with Gasteiger partial charge >= 0.3 is 0 Å². The standard InChI is InChI=1S/C15H18ClN3O2/c1-9-6-13(14(21-2)7-11(9)16)19-15(10-4-3-5-10)12(8-20)17-18-19/h6-7,10,20H,3-5,8H2,1-2H3. The summed E-state index contributed by atoms with van der Waals surface area (Å²) in [5.41, 5.74) is 3.40. The zero-order valence-corrected chi connectivity index (χ0v) is 12.9. The molecule has 0 bridgehead atoms. The highest BCUT2D eigenvalue weighted by Gasteiger charge is 2.29. The number of aryl methyl sites for hydroxylation is 1. The number of benzene rings is 1. The normalized spacial score (nSPS) is 15.0. The highest BCUT2D eigenvalue weighted by Crippen LogP contribution is 2.40. The molecule has 1 heterocycles. The molecule has 3 rings (SSSR count). The second kappa shape index (κ2) is 5.66. The molecule has 1 aliphatic carbocycles. The molecule has 112 valence electrons. The second-order valence-corrected chi connectivity index (χ2v) is 5.80. The monoisotopic (exact) mass is 307 g/mol. The molecule has 1 aromatic heterocycles. The molecule has 1 N–H and O–H groups in total. The molecule has 0 spiro atoms. The lowest BCUT2D eigenvalue weighted by Gasteiger charge is -2.27. The summed E-state index contributed by atoms with van der Waals surface area (Å²) in [6, 6.07) is 3.73. The van der Waals surface area contributed by atoms with Crippen molar-refractivity contribution in [1.82, 2.24) is 15.0 Å². The van der Waals surface area contributed by atoms with Crippen LogP contribution in [0, 0.1) is 6.92 Å². The number of methoxy groups -OCH3 is 1. The SMILES string of the molecule is COc1cc(Cl)c(C)cc1-n1nnc(CO)c1C1CCC1. The van der Waals surface area contributed by atoms with E-state index >= 15 is 0 Å². The Morgan fingerprint density at radius 2 is 2.19 bits per heavy atom. The van der Waals surface area contributed by atoms with Crippen LogP contribution in [-0.4, -0.2) is 27.2 Å². The second-order valence-electron chi connectivity index (χ2n) is 5.39. The first-order valence-corrected chi connectivity index (χ1v) is 7.43. The van der Waals surface area contributed by atoms with Crippen LogP contribution >= 0.6 is 11.6 Å². The molecule has 1 aromatic carbocycles. The number of hydrogen-bond donors (Lipinski definition) is 1. The third-order valence-electron chi connectivity index (χ3n) is 4.11. The van der Waals surface area contributed by atoms with E-state index in [0.717, 1.165) is 29.8 Å². The van der Waals surface area contributed by atoms with Crippen molar-refractivity contribution in [3.05, 3.63) is 34.1 Å². The number of aliphatic hydroxyl groups excluding tert-OH is 1. The summed E-state index contributed by atoms with van der Waals surface area (Å²) in [5, 5.41) is 18.5. The number of hydrogen-bond acceptors (Lipinski definition) is 4. The summed E-state index contributed by atoms with van der Waals surface area (Å²) in [6.45, 7) is 1.85. The zero-order chi connectivity index (χ0) is 15.0. The molecule has 5 nitrogen and oxygen atoms in total. The van der Waals surface area contributed by atoms with Gasteiger partial charge in [-0.25, -0.2) is 4.68 Å². The van der Waals surface area contributed by atoms with Crippen molar-refractivity contribution in [2.24, 2.45) is 0 Å². The summed E-state index contributed by atoms with van der Waals surface area (Å²) >= 11 is 6.16. The van der Waals surface area contributed by atoms with E-state index in [2.05, 4.69) is 10.3 Å². The molecular formula is C15H18ClN3O2. The van der Waals surface area contributed by atoms with Gasteiger partial charge in [0.2, 0.25) is 0 Å². The molecule has 0 aliphatic heterocycles. The van der Waals surface area contributed by atoms with Crippen LogP contribution in [0.15, 0.2) is 12.1 Å². The van der Waals surface area contributed by atoms with Gasteiger partial charge < -0.3 is 9.84 Å². The first kappa shape index (κ1) is 14.4. The van der Waals surface area contributed by atoms with Gasteiger partial charge in [-0.2, -0.15) is 0 Å². The van der Waals surface area contributed by atoms with Gasteiger partial charge in [-0.15, -0.1) is 5.10 Å². The minimum atomic E-state index is -0.0965. The number of halogens is 1. The van der Waals surface area contributed by atoms with Gasteiger partial charge in [-0.1, -0.05) is 23.2 Å². The molecule has 1 fully saturated rings. The number of aromatic nitrogens is 3. The number of nitrogens with zero attached hydrogens (tertiary/aromatic N) is 3. The molecule has 0 unspecified atom stereocenters. The summed E-state index contributed by atoms with van der Waals surface area (Å²) < 4.78 is 7.22. The summed E-state index contributed by atoms with van der Waals surface area (Å²) in [7, 11) is 1.61. The Kier molecular flexibility index (Phi) is 3.87. The van der Waals surface area contributed by atoms with Crippen molar-refractivity contribution in [2.45, 2.75) is 38.7 Å². The van der Waals surface area contributed by atoms with Crippen LogP contribution in [0.1, 0.15) is 42.1 Å². The average Bonchev–Trinajstić information content (AvgIpc) is 2.83. The molecule has 0 amide bonds. The van der Waals surface area contributed by atoms with E-state index in [0.29, 0.717) is 22.4 Å². The number of ether oxygens (including phenoxy) is 1. The topological polar surface area (TPSA) is 60.2 Å². The van der Waals surface area contributed by atoms with Crippen molar-refractivity contribution in [3.8, 4) is 11.4 Å². The molecule has 2 aromatic rings. The molecule has 21 heavy (non-hydrogen) atoms. The maximum absolute atomic E-state index is 9.50. The first-order valence-electron chi connectivity index (χ1n) is 7.05. The van der Waals surface area contributed by atoms with Crippen LogP contribution < -0.4 is 4.74 Å². The molecule has 0 atom stereocenters. The van der Waals surface area contributed by atoms with E-state index in [9.17, 15) is 5.11 Å². The molecular weight excluding hydrogens is 290 g/mol. The van der Waals surface area contributed by atoms with Gasteiger partial charge in [-0.3, -0.25) is 0 Å². The Morgan fingerprint density at radius 1 is 1.43 bits per heavy atom. The highest BCUT2D eigenvalue weighted by atomic mass is 35.5. The molecule has 6 heteroatoms. The Bertz CT molecular complexity index is 665. The van der Waals surface area contributed by atoms with E-state index in [1.807, 2.05) is 13.0 Å². The summed E-state index contributed by atoms with van der Waals surface area (Å²) in [4.78, 5) is 0. The van der Waals surface area contributed by atoms with Gasteiger partial charge in [0.05, 0.1) is 19.4 Å². The van der Waals surface area contributed by atoms with Crippen molar-refractivity contribution in [1.29, 1.82) is 0 Å². The predicted molar refractivity (Wildman–Crippen MR) is 80.2 cm³/mol. The van der Waals surface area contributed by atoms with Gasteiger partial charge in [0.15, 0.2) is 0 Å². The molecule has 0 radical (unpaired) electrons. The van der Waals surface area contributed by atoms with E-state index < -0.39 is 0 Å². The molecule has 0 saturated heterocycles. The van der Waals surface area contributed by atoms with Crippen molar-refractivity contribution in [3.63, 3.8) is 0 Å². The zero-order valence-electron chi connectivity index (χ0n) is 12.1. The minimum Gasteiger partial charge on any atom is -0.494 e. The Hall–Kier alpha value is -1.59. The largest absolute Gasteiger partial charge is 0.494 e. The van der Waals surface area contributed by atoms with Gasteiger partial charge in [0, 0.05) is 17.0 Å². The van der Waals surface area contributed by atoms with E-state index in [4.69, 9.17) is 16.3 Å². The van der Waals surface area contributed by atoms with Crippen LogP contribution in [0.25, 0.3) is 5.69 Å². The Morgan fingerprint density at radius 3 is 2.76 bits per heavy atom. The highest BCUT2D eigenvalue weighted by molar-refractivity contribution is 6.31. The Labute approximate surface area is 128 Å². The minimum absolute atomic E-state index is 0.0965. The Balaban J connectivity index is 2.16. The van der Waals surface area contributed by atoms with E-state index in [1.54, 1.807) is 17.9 Å². The van der Waals surface area contributed by atoms with Gasteiger partial charge in [0.1, 0.15) is 17.1 Å². The van der Waals surface area contributed by atoms with E-state index in [-0.39, 0.29) is 6.61 Å². The smallest absolute Gasteiger partial charge is 0.146 e. The predicted octanol–water partition coefficient (Wildman–Crippen LogP) is 3.00. The maximum atomic E-state index is 9.50. The first-order chi connectivity index (χ1) is 10.2. The van der Waals surface area contributed by atoms with Gasteiger partial charge in [0.25, 0.3) is 0 Å². The average molecular weight is 308 g/mol. The third kappa shape index (κ3) is 2.40.